The zero-order valence-corrected chi connectivity index (χ0v) is 19.7. The molecule has 9 heteroatoms. The van der Waals surface area contributed by atoms with Crippen LogP contribution in [0.5, 0.6) is 5.75 Å². The van der Waals surface area contributed by atoms with Gasteiger partial charge >= 0.3 is 0 Å². The standard InChI is InChI=1S/C23H28ClN3O4S/c1-31-20-8-6-19(7-9-20)25-13-15-26(16-14-25)23(28)18-5-10-21(24)22(17-18)32(29,30)27-11-3-2-4-12-27/h5-10,17H,2-4,11-16H2,1H3. The molecule has 2 aliphatic heterocycles. The van der Waals surface area contributed by atoms with Gasteiger partial charge in [-0.2, -0.15) is 4.31 Å². The van der Waals surface area contributed by atoms with E-state index in [4.69, 9.17) is 16.3 Å². The lowest BCUT2D eigenvalue weighted by molar-refractivity contribution is 0.0746. The third-order valence-corrected chi connectivity index (χ3v) is 8.50. The SMILES string of the molecule is COc1ccc(N2CCN(C(=O)c3ccc(Cl)c(S(=O)(=O)N4CCCCC4)c3)CC2)cc1. The molecular formula is C23H28ClN3O4S. The highest BCUT2D eigenvalue weighted by molar-refractivity contribution is 7.89. The zero-order valence-electron chi connectivity index (χ0n) is 18.2. The van der Waals surface area contributed by atoms with Gasteiger partial charge in [0.1, 0.15) is 10.6 Å². The number of sulfonamides is 1. The van der Waals surface area contributed by atoms with E-state index in [0.29, 0.717) is 44.8 Å². The normalized spacial score (nSPS) is 17.9. The number of anilines is 1. The van der Waals surface area contributed by atoms with Gasteiger partial charge in [0.25, 0.3) is 5.91 Å². The number of benzene rings is 2. The van der Waals surface area contributed by atoms with Crippen LogP contribution in [0.2, 0.25) is 5.02 Å². The summed E-state index contributed by atoms with van der Waals surface area (Å²) in [6.07, 6.45) is 2.71. The third-order valence-electron chi connectivity index (χ3n) is 6.12. The van der Waals surface area contributed by atoms with Gasteiger partial charge in [-0.25, -0.2) is 8.42 Å². The molecular weight excluding hydrogens is 450 g/mol. The van der Waals surface area contributed by atoms with E-state index in [-0.39, 0.29) is 15.8 Å². The van der Waals surface area contributed by atoms with Gasteiger partial charge in [0.2, 0.25) is 10.0 Å². The second-order valence-corrected chi connectivity index (χ2v) is 10.4. The number of hydrogen-bond donors (Lipinski definition) is 0. The van der Waals surface area contributed by atoms with Crippen LogP contribution < -0.4 is 9.64 Å². The van der Waals surface area contributed by atoms with Crippen LogP contribution >= 0.6 is 11.6 Å². The van der Waals surface area contributed by atoms with Gasteiger partial charge in [-0.1, -0.05) is 18.0 Å². The predicted octanol–water partition coefficient (Wildman–Crippen LogP) is 3.49. The van der Waals surface area contributed by atoms with Crippen LogP contribution in [-0.2, 0) is 10.0 Å². The molecule has 0 aromatic heterocycles. The van der Waals surface area contributed by atoms with Gasteiger partial charge in [0, 0.05) is 50.5 Å². The summed E-state index contributed by atoms with van der Waals surface area (Å²) in [6.45, 7) is 3.49. The lowest BCUT2D eigenvalue weighted by Gasteiger charge is -2.36. The Morgan fingerprint density at radius 1 is 0.906 bits per heavy atom. The molecule has 7 nitrogen and oxygen atoms in total. The Bertz CT molecular complexity index is 1060. The number of rotatable bonds is 5. The van der Waals surface area contributed by atoms with Crippen molar-refractivity contribution in [2.75, 3.05) is 51.3 Å². The minimum Gasteiger partial charge on any atom is -0.497 e. The summed E-state index contributed by atoms with van der Waals surface area (Å²) in [5.74, 6) is 0.631. The highest BCUT2D eigenvalue weighted by atomic mass is 35.5. The molecule has 32 heavy (non-hydrogen) atoms. The average Bonchev–Trinajstić information content (AvgIpc) is 2.84. The first-order chi connectivity index (χ1) is 15.4. The van der Waals surface area contributed by atoms with Crippen molar-refractivity contribution in [2.45, 2.75) is 24.2 Å². The van der Waals surface area contributed by atoms with Crippen molar-refractivity contribution in [3.63, 3.8) is 0 Å². The highest BCUT2D eigenvalue weighted by Crippen LogP contribution is 2.29. The first-order valence-corrected chi connectivity index (χ1v) is 12.7. The quantitative estimate of drug-likeness (QED) is 0.659. The van der Waals surface area contributed by atoms with E-state index in [1.807, 2.05) is 24.3 Å². The summed E-state index contributed by atoms with van der Waals surface area (Å²) in [4.78, 5) is 17.1. The van der Waals surface area contributed by atoms with Gasteiger partial charge < -0.3 is 14.5 Å². The van der Waals surface area contributed by atoms with Crippen molar-refractivity contribution in [1.29, 1.82) is 0 Å². The van der Waals surface area contributed by atoms with Crippen LogP contribution in [0.15, 0.2) is 47.4 Å². The van der Waals surface area contributed by atoms with E-state index in [0.717, 1.165) is 30.7 Å². The average molecular weight is 478 g/mol. The Morgan fingerprint density at radius 3 is 2.19 bits per heavy atom. The minimum absolute atomic E-state index is 0.0174. The maximum Gasteiger partial charge on any atom is 0.254 e. The molecule has 1 amide bonds. The van der Waals surface area contributed by atoms with Crippen LogP contribution in [0.1, 0.15) is 29.6 Å². The summed E-state index contributed by atoms with van der Waals surface area (Å²) >= 11 is 6.25. The summed E-state index contributed by atoms with van der Waals surface area (Å²) in [7, 11) is -2.08. The first-order valence-electron chi connectivity index (χ1n) is 10.9. The second kappa shape index (κ2) is 9.68. The lowest BCUT2D eigenvalue weighted by atomic mass is 10.1. The van der Waals surface area contributed by atoms with Crippen LogP contribution in [0, 0.1) is 0 Å². The molecule has 0 saturated carbocycles. The minimum atomic E-state index is -3.72. The fraction of sp³-hybridized carbons (Fsp3) is 0.435. The van der Waals surface area contributed by atoms with Crippen LogP contribution in [0.25, 0.3) is 0 Å². The van der Waals surface area contributed by atoms with E-state index in [9.17, 15) is 13.2 Å². The highest BCUT2D eigenvalue weighted by Gasteiger charge is 2.30. The Morgan fingerprint density at radius 2 is 1.56 bits per heavy atom. The smallest absolute Gasteiger partial charge is 0.254 e. The Hall–Kier alpha value is -2.29. The van der Waals surface area contributed by atoms with Gasteiger partial charge in [0.15, 0.2) is 0 Å². The maximum atomic E-state index is 13.1. The van der Waals surface area contributed by atoms with E-state index < -0.39 is 10.0 Å². The van der Waals surface area contributed by atoms with Crippen molar-refractivity contribution in [1.82, 2.24) is 9.21 Å². The Balaban J connectivity index is 1.46. The molecule has 4 rings (SSSR count). The molecule has 2 heterocycles. The van der Waals surface area contributed by atoms with Crippen molar-refractivity contribution < 1.29 is 17.9 Å². The van der Waals surface area contributed by atoms with Crippen molar-refractivity contribution in [2.24, 2.45) is 0 Å². The Kier molecular flexibility index (Phi) is 6.93. The second-order valence-electron chi connectivity index (χ2n) is 8.09. The fourth-order valence-corrected chi connectivity index (χ4v) is 6.24. The molecule has 0 unspecified atom stereocenters. The largest absolute Gasteiger partial charge is 0.497 e. The summed E-state index contributed by atoms with van der Waals surface area (Å²) < 4.78 is 32.9. The number of halogens is 1. The van der Waals surface area contributed by atoms with E-state index in [1.54, 1.807) is 18.1 Å². The molecule has 2 fully saturated rings. The third kappa shape index (κ3) is 4.72. The summed E-state index contributed by atoms with van der Waals surface area (Å²) in [5.41, 5.74) is 1.43. The number of piperazine rings is 1. The molecule has 0 atom stereocenters. The van der Waals surface area contributed by atoms with Crippen molar-refractivity contribution in [3.8, 4) is 5.75 Å². The molecule has 0 spiro atoms. The summed E-state index contributed by atoms with van der Waals surface area (Å²) in [5, 5.41) is 0.149. The van der Waals surface area contributed by atoms with Crippen molar-refractivity contribution >= 4 is 33.2 Å². The van der Waals surface area contributed by atoms with Crippen LogP contribution in [0.4, 0.5) is 5.69 Å². The molecule has 2 aliphatic rings. The number of piperidine rings is 1. The zero-order chi connectivity index (χ0) is 22.7. The van der Waals surface area contributed by atoms with Crippen LogP contribution in [0.3, 0.4) is 0 Å². The van der Waals surface area contributed by atoms with Gasteiger partial charge in [-0.05, 0) is 55.3 Å². The maximum absolute atomic E-state index is 13.1. The molecule has 0 N–H and O–H groups in total. The first kappa shape index (κ1) is 22.9. The van der Waals surface area contributed by atoms with Gasteiger partial charge in [-0.3, -0.25) is 4.79 Å². The van der Waals surface area contributed by atoms with Gasteiger partial charge in [-0.15, -0.1) is 0 Å². The fourth-order valence-electron chi connectivity index (χ4n) is 4.22. The molecule has 2 aromatic rings. The molecule has 172 valence electrons. The lowest BCUT2D eigenvalue weighted by Crippen LogP contribution is -2.48. The van der Waals surface area contributed by atoms with Crippen molar-refractivity contribution in [3.05, 3.63) is 53.1 Å². The van der Waals surface area contributed by atoms with Gasteiger partial charge in [0.05, 0.1) is 12.1 Å². The number of ether oxygens (including phenoxy) is 1. The number of hydrogen-bond acceptors (Lipinski definition) is 5. The molecule has 2 aromatic carbocycles. The summed E-state index contributed by atoms with van der Waals surface area (Å²) in [6, 6.07) is 12.4. The monoisotopic (exact) mass is 477 g/mol. The molecule has 0 aliphatic carbocycles. The molecule has 2 saturated heterocycles. The number of carbonyl (C=O) groups is 1. The topological polar surface area (TPSA) is 70.2 Å². The number of methoxy groups -OCH3 is 1. The number of amides is 1. The van der Waals surface area contributed by atoms with E-state index >= 15 is 0 Å². The molecule has 0 radical (unpaired) electrons. The van der Waals surface area contributed by atoms with E-state index in [2.05, 4.69) is 4.90 Å². The number of carbonyl (C=O) groups excluding carboxylic acids is 1. The molecule has 0 bridgehead atoms. The predicted molar refractivity (Wildman–Crippen MR) is 125 cm³/mol. The number of nitrogens with zero attached hydrogens (tertiary/aromatic N) is 3. The van der Waals surface area contributed by atoms with E-state index in [1.165, 1.54) is 16.4 Å². The van der Waals surface area contributed by atoms with Crippen LogP contribution in [-0.4, -0.2) is 69.9 Å². The Labute approximate surface area is 194 Å².